The lowest BCUT2D eigenvalue weighted by atomic mass is 10.1. The molecule has 0 aliphatic carbocycles. The number of carboxylic acid groups (broad SMARTS) is 1. The molecule has 10 heteroatoms. The van der Waals surface area contributed by atoms with Crippen molar-refractivity contribution in [2.45, 2.75) is 24.5 Å². The molecule has 0 unspecified atom stereocenters. The number of aliphatic hydroxyl groups is 2. The first-order chi connectivity index (χ1) is 9.90. The second kappa shape index (κ2) is 6.45. The summed E-state index contributed by atoms with van der Waals surface area (Å²) in [6, 6.07) is 1.20. The van der Waals surface area contributed by atoms with E-state index in [1.54, 1.807) is 0 Å². The highest BCUT2D eigenvalue weighted by molar-refractivity contribution is 7.71. The monoisotopic (exact) mass is 318 g/mol. The highest BCUT2D eigenvalue weighted by atomic mass is 32.1. The maximum atomic E-state index is 11.1. The summed E-state index contributed by atoms with van der Waals surface area (Å²) >= 11 is 4.95. The topological polar surface area (TPSA) is 134 Å². The minimum Gasteiger partial charge on any atom is -0.480 e. The number of hydrogen-bond acceptors (Lipinski definition) is 7. The fraction of sp³-hybridized carbons (Fsp3) is 0.545. The van der Waals surface area contributed by atoms with E-state index in [2.05, 4.69) is 4.98 Å². The molecule has 2 rings (SSSR count). The molecule has 0 saturated carbocycles. The summed E-state index contributed by atoms with van der Waals surface area (Å²) in [5.41, 5.74) is -0.398. The molecule has 4 N–H and O–H groups in total. The molecule has 4 atom stereocenters. The minimum atomic E-state index is -1.29. The van der Waals surface area contributed by atoms with E-state index in [1.165, 1.54) is 16.8 Å². The molecule has 0 aromatic carbocycles. The number of carbonyl (C=O) groups is 1. The third-order valence-electron chi connectivity index (χ3n) is 2.97. The highest BCUT2D eigenvalue weighted by Gasteiger charge is 2.43. The Balaban J connectivity index is 2.10. The van der Waals surface area contributed by atoms with Gasteiger partial charge in [-0.25, -0.2) is 4.79 Å². The van der Waals surface area contributed by atoms with Gasteiger partial charge in [-0.3, -0.25) is 14.3 Å². The predicted molar refractivity (Wildman–Crippen MR) is 70.3 cm³/mol. The maximum Gasteiger partial charge on any atom is 0.329 e. The van der Waals surface area contributed by atoms with Gasteiger partial charge in [-0.05, 0) is 12.2 Å². The van der Waals surface area contributed by atoms with E-state index in [9.17, 15) is 19.8 Å². The molecule has 1 aromatic heterocycles. The van der Waals surface area contributed by atoms with E-state index in [4.69, 9.17) is 26.8 Å². The van der Waals surface area contributed by atoms with Crippen LogP contribution in [0, 0.1) is 4.77 Å². The van der Waals surface area contributed by atoms with Gasteiger partial charge in [0.05, 0.1) is 6.61 Å². The molecule has 1 aliphatic rings. The molecule has 1 fully saturated rings. The largest absolute Gasteiger partial charge is 0.480 e. The van der Waals surface area contributed by atoms with Crippen LogP contribution in [0.1, 0.15) is 6.23 Å². The van der Waals surface area contributed by atoms with Gasteiger partial charge in [0.15, 0.2) is 11.0 Å². The Morgan fingerprint density at radius 3 is 2.81 bits per heavy atom. The molecule has 1 saturated heterocycles. The van der Waals surface area contributed by atoms with Gasteiger partial charge in [0.2, 0.25) is 0 Å². The van der Waals surface area contributed by atoms with Crippen LogP contribution in [-0.2, 0) is 14.3 Å². The second-order valence-electron chi connectivity index (χ2n) is 4.47. The number of carboxylic acids is 1. The summed E-state index contributed by atoms with van der Waals surface area (Å²) in [4.78, 5) is 23.8. The van der Waals surface area contributed by atoms with Crippen molar-refractivity contribution in [3.63, 3.8) is 0 Å². The maximum absolute atomic E-state index is 11.1. The van der Waals surface area contributed by atoms with Gasteiger partial charge in [0, 0.05) is 12.3 Å². The van der Waals surface area contributed by atoms with Gasteiger partial charge in [-0.1, -0.05) is 0 Å². The van der Waals surface area contributed by atoms with Crippen molar-refractivity contribution in [3.8, 4) is 0 Å². The van der Waals surface area contributed by atoms with E-state index in [1.807, 2.05) is 0 Å². The quantitative estimate of drug-likeness (QED) is 0.488. The zero-order valence-corrected chi connectivity index (χ0v) is 11.5. The molecule has 2 heterocycles. The van der Waals surface area contributed by atoms with Crippen LogP contribution in [0.3, 0.4) is 0 Å². The molecular formula is C11H14N2O7S. The Kier molecular flexibility index (Phi) is 4.85. The minimum absolute atomic E-state index is 0.0332. The number of aromatic nitrogens is 2. The van der Waals surface area contributed by atoms with Crippen LogP contribution in [0.15, 0.2) is 17.1 Å². The number of aliphatic hydroxyl groups excluding tert-OH is 2. The first-order valence-electron chi connectivity index (χ1n) is 6.02. The van der Waals surface area contributed by atoms with Crippen LogP contribution in [0.5, 0.6) is 0 Å². The van der Waals surface area contributed by atoms with Crippen LogP contribution >= 0.6 is 12.2 Å². The first kappa shape index (κ1) is 15.8. The number of hydrogen-bond donors (Lipinski definition) is 4. The number of ether oxygens (including phenoxy) is 2. The smallest absolute Gasteiger partial charge is 0.329 e. The molecule has 0 amide bonds. The van der Waals surface area contributed by atoms with Crippen LogP contribution in [0.2, 0.25) is 0 Å². The SMILES string of the molecule is O=C(O)COC[C@H]1O[C@@H](n2ccc(=O)[nH]c2=S)[C@H](O)[C@@H]1O. The molecule has 0 spiro atoms. The fourth-order valence-electron chi connectivity index (χ4n) is 1.99. The molecule has 21 heavy (non-hydrogen) atoms. The van der Waals surface area contributed by atoms with Crippen molar-refractivity contribution in [1.29, 1.82) is 0 Å². The third kappa shape index (κ3) is 3.54. The van der Waals surface area contributed by atoms with Crippen molar-refractivity contribution in [1.82, 2.24) is 9.55 Å². The fourth-order valence-corrected chi connectivity index (χ4v) is 2.25. The van der Waals surface area contributed by atoms with E-state index < -0.39 is 42.7 Å². The Morgan fingerprint density at radius 1 is 1.48 bits per heavy atom. The lowest BCUT2D eigenvalue weighted by Gasteiger charge is -2.17. The summed E-state index contributed by atoms with van der Waals surface area (Å²) in [6.45, 7) is -0.733. The normalized spacial score (nSPS) is 28.7. The Morgan fingerprint density at radius 2 is 2.19 bits per heavy atom. The van der Waals surface area contributed by atoms with Gasteiger partial charge < -0.3 is 24.8 Å². The second-order valence-corrected chi connectivity index (χ2v) is 4.86. The summed E-state index contributed by atoms with van der Waals surface area (Å²) in [7, 11) is 0. The number of aromatic amines is 1. The van der Waals surface area contributed by atoms with Crippen molar-refractivity contribution >= 4 is 18.2 Å². The average molecular weight is 318 g/mol. The number of rotatable bonds is 5. The molecule has 0 bridgehead atoms. The van der Waals surface area contributed by atoms with E-state index >= 15 is 0 Å². The van der Waals surface area contributed by atoms with Crippen molar-refractivity contribution < 1.29 is 29.6 Å². The zero-order chi connectivity index (χ0) is 15.6. The van der Waals surface area contributed by atoms with Gasteiger partial charge in [0.1, 0.15) is 24.9 Å². The predicted octanol–water partition coefficient (Wildman–Crippen LogP) is -1.37. The molecule has 0 radical (unpaired) electrons. The summed E-state index contributed by atoms with van der Waals surface area (Å²) < 4.78 is 11.6. The number of aliphatic carboxylic acids is 1. The van der Waals surface area contributed by atoms with Crippen LogP contribution in [-0.4, -0.2) is 62.4 Å². The van der Waals surface area contributed by atoms with Crippen LogP contribution in [0.25, 0.3) is 0 Å². The number of H-pyrrole nitrogens is 1. The van der Waals surface area contributed by atoms with E-state index in [0.29, 0.717) is 0 Å². The van der Waals surface area contributed by atoms with E-state index in [-0.39, 0.29) is 11.4 Å². The zero-order valence-electron chi connectivity index (χ0n) is 10.7. The van der Waals surface area contributed by atoms with Gasteiger partial charge in [0.25, 0.3) is 5.56 Å². The summed E-state index contributed by atoms with van der Waals surface area (Å²) in [6.07, 6.45) is -3.12. The molecule has 9 nitrogen and oxygen atoms in total. The van der Waals surface area contributed by atoms with E-state index in [0.717, 1.165) is 0 Å². The molecule has 1 aromatic rings. The summed E-state index contributed by atoms with van der Waals surface area (Å²) in [5, 5.41) is 28.3. The van der Waals surface area contributed by atoms with Crippen molar-refractivity contribution in [3.05, 3.63) is 27.4 Å². The first-order valence-corrected chi connectivity index (χ1v) is 6.43. The van der Waals surface area contributed by atoms with Crippen molar-refractivity contribution in [2.24, 2.45) is 0 Å². The Bertz CT molecular complexity index is 627. The Hall–Kier alpha value is -1.59. The van der Waals surface area contributed by atoms with Gasteiger partial charge in [-0.15, -0.1) is 0 Å². The molecule has 116 valence electrons. The van der Waals surface area contributed by atoms with Gasteiger partial charge in [-0.2, -0.15) is 0 Å². The lowest BCUT2D eigenvalue weighted by Crippen LogP contribution is -2.34. The standard InChI is InChI=1S/C11H14N2O7S/c14-6-1-2-13(11(21)12-6)10-9(18)8(17)5(20-10)3-19-4-7(15)16/h1-2,5,8-10,17-18H,3-4H2,(H,15,16)(H,12,14,21)/t5-,8-,9-,10-/m1/s1. The lowest BCUT2D eigenvalue weighted by molar-refractivity contribution is -0.144. The molecule has 1 aliphatic heterocycles. The van der Waals surface area contributed by atoms with Crippen molar-refractivity contribution in [2.75, 3.05) is 13.2 Å². The Labute approximate surface area is 123 Å². The van der Waals surface area contributed by atoms with Crippen LogP contribution < -0.4 is 5.56 Å². The number of nitrogens with zero attached hydrogens (tertiary/aromatic N) is 1. The third-order valence-corrected chi connectivity index (χ3v) is 3.28. The molecular weight excluding hydrogens is 304 g/mol. The van der Waals surface area contributed by atoms with Crippen LogP contribution in [0.4, 0.5) is 0 Å². The summed E-state index contributed by atoms with van der Waals surface area (Å²) in [5.74, 6) is -1.15. The number of nitrogens with one attached hydrogen (secondary N) is 1. The highest BCUT2D eigenvalue weighted by Crippen LogP contribution is 2.29. The van der Waals surface area contributed by atoms with Gasteiger partial charge >= 0.3 is 5.97 Å². The average Bonchev–Trinajstić information content (AvgIpc) is 2.67.